The third-order valence-electron chi connectivity index (χ3n) is 3.21. The van der Waals surface area contributed by atoms with Crippen LogP contribution in [0, 0.1) is 5.92 Å². The molecule has 0 spiro atoms. The summed E-state index contributed by atoms with van der Waals surface area (Å²) in [7, 11) is 1.58. The van der Waals surface area contributed by atoms with E-state index in [1.54, 1.807) is 7.11 Å². The van der Waals surface area contributed by atoms with Gasteiger partial charge in [0.25, 0.3) is 0 Å². The van der Waals surface area contributed by atoms with Crippen molar-refractivity contribution in [2.75, 3.05) is 20.2 Å². The summed E-state index contributed by atoms with van der Waals surface area (Å²) in [6.45, 7) is 2.02. The maximum atomic E-state index is 11.1. The summed E-state index contributed by atoms with van der Waals surface area (Å²) in [5.74, 6) is -1.18. The van der Waals surface area contributed by atoms with Gasteiger partial charge in [-0.3, -0.25) is 9.69 Å². The summed E-state index contributed by atoms with van der Waals surface area (Å²) >= 11 is 0. The number of carbonyl (C=O) groups is 1. The third-order valence-corrected chi connectivity index (χ3v) is 3.21. The van der Waals surface area contributed by atoms with Gasteiger partial charge in [-0.2, -0.15) is 0 Å². The molecule has 1 heterocycles. The van der Waals surface area contributed by atoms with Crippen molar-refractivity contribution >= 4 is 5.97 Å². The highest BCUT2D eigenvalue weighted by Crippen LogP contribution is 2.21. The number of ether oxygens (including phenoxy) is 1. The van der Waals surface area contributed by atoms with Crippen LogP contribution in [0.3, 0.4) is 0 Å². The second-order valence-electron chi connectivity index (χ2n) is 4.40. The molecule has 1 aliphatic rings. The number of likely N-dealkylation sites (tertiary alicyclic amines) is 1. The van der Waals surface area contributed by atoms with Crippen molar-refractivity contribution in [3.8, 4) is 0 Å². The van der Waals surface area contributed by atoms with Crippen molar-refractivity contribution in [1.29, 1.82) is 0 Å². The highest BCUT2D eigenvalue weighted by atomic mass is 16.5. The summed E-state index contributed by atoms with van der Waals surface area (Å²) in [4.78, 5) is 13.2. The Labute approximate surface area is 101 Å². The zero-order valence-corrected chi connectivity index (χ0v) is 9.87. The lowest BCUT2D eigenvalue weighted by Gasteiger charge is -2.14. The van der Waals surface area contributed by atoms with Crippen molar-refractivity contribution in [2.24, 2.45) is 5.92 Å². The molecule has 4 heteroatoms. The number of benzene rings is 1. The summed E-state index contributed by atoms with van der Waals surface area (Å²) < 4.78 is 5.23. The zero-order chi connectivity index (χ0) is 12.3. The minimum absolute atomic E-state index is 0.198. The quantitative estimate of drug-likeness (QED) is 0.852. The summed E-state index contributed by atoms with van der Waals surface area (Å²) in [5, 5.41) is 9.09. The van der Waals surface area contributed by atoms with Crippen molar-refractivity contribution < 1.29 is 14.6 Å². The van der Waals surface area contributed by atoms with Gasteiger partial charge in [-0.05, 0) is 5.56 Å². The molecule has 4 nitrogen and oxygen atoms in total. The van der Waals surface area contributed by atoms with Gasteiger partial charge in [0, 0.05) is 26.7 Å². The van der Waals surface area contributed by atoms with Crippen LogP contribution in [-0.4, -0.2) is 42.3 Å². The van der Waals surface area contributed by atoms with E-state index in [-0.39, 0.29) is 6.10 Å². The minimum Gasteiger partial charge on any atom is -0.481 e. The predicted octanol–water partition coefficient (Wildman–Crippen LogP) is 1.22. The SMILES string of the molecule is CO[C@@H]1CN(Cc2ccccc2)C[C@@H]1C(=O)O. The highest BCUT2D eigenvalue weighted by Gasteiger charge is 2.37. The molecular formula is C13H17NO3. The maximum absolute atomic E-state index is 11.1. The smallest absolute Gasteiger partial charge is 0.310 e. The van der Waals surface area contributed by atoms with Gasteiger partial charge in [0.1, 0.15) is 0 Å². The molecule has 1 aromatic rings. The number of aliphatic carboxylic acids is 1. The van der Waals surface area contributed by atoms with Gasteiger partial charge in [0.05, 0.1) is 12.0 Å². The molecule has 1 fully saturated rings. The van der Waals surface area contributed by atoms with Gasteiger partial charge < -0.3 is 9.84 Å². The number of rotatable bonds is 4. The molecule has 92 valence electrons. The molecule has 0 bridgehead atoms. The number of hydrogen-bond donors (Lipinski definition) is 1. The van der Waals surface area contributed by atoms with E-state index in [4.69, 9.17) is 9.84 Å². The Morgan fingerprint density at radius 2 is 2.12 bits per heavy atom. The average molecular weight is 235 g/mol. The van der Waals surface area contributed by atoms with Crippen LogP contribution in [0.25, 0.3) is 0 Å². The standard InChI is InChI=1S/C13H17NO3/c1-17-12-9-14(8-11(12)13(15)16)7-10-5-3-2-4-6-10/h2-6,11-12H,7-9H2,1H3,(H,15,16)/t11-,12+/m0/s1. The van der Waals surface area contributed by atoms with Crippen molar-refractivity contribution in [1.82, 2.24) is 4.90 Å². The number of nitrogens with zero attached hydrogens (tertiary/aromatic N) is 1. The Bertz CT molecular complexity index is 380. The van der Waals surface area contributed by atoms with Crippen LogP contribution in [0.2, 0.25) is 0 Å². The van der Waals surface area contributed by atoms with Gasteiger partial charge >= 0.3 is 5.97 Å². The molecule has 0 amide bonds. The molecule has 0 unspecified atom stereocenters. The van der Waals surface area contributed by atoms with E-state index in [9.17, 15) is 4.79 Å². The molecule has 0 aromatic heterocycles. The summed E-state index contributed by atoms with van der Waals surface area (Å²) in [6, 6.07) is 10.1. The zero-order valence-electron chi connectivity index (χ0n) is 9.87. The lowest BCUT2D eigenvalue weighted by atomic mass is 10.1. The number of hydrogen-bond acceptors (Lipinski definition) is 3. The second kappa shape index (κ2) is 5.29. The summed E-state index contributed by atoms with van der Waals surface area (Å²) in [6.07, 6.45) is -0.198. The Balaban J connectivity index is 1.99. The first-order chi connectivity index (χ1) is 8.20. The fourth-order valence-electron chi connectivity index (χ4n) is 2.30. The van der Waals surface area contributed by atoms with Crippen LogP contribution < -0.4 is 0 Å². The monoisotopic (exact) mass is 235 g/mol. The molecule has 0 aliphatic carbocycles. The van der Waals surface area contributed by atoms with Crippen LogP contribution in [0.5, 0.6) is 0 Å². The molecular weight excluding hydrogens is 218 g/mol. The van der Waals surface area contributed by atoms with E-state index in [1.807, 2.05) is 18.2 Å². The van der Waals surface area contributed by atoms with Crippen LogP contribution in [-0.2, 0) is 16.1 Å². The molecule has 2 rings (SSSR count). The third kappa shape index (κ3) is 2.84. The molecule has 0 saturated carbocycles. The Morgan fingerprint density at radius 3 is 2.65 bits per heavy atom. The van der Waals surface area contributed by atoms with Gasteiger partial charge in [-0.1, -0.05) is 30.3 Å². The van der Waals surface area contributed by atoms with E-state index in [0.29, 0.717) is 13.1 Å². The van der Waals surface area contributed by atoms with E-state index in [2.05, 4.69) is 17.0 Å². The normalized spacial score (nSPS) is 25.0. The first kappa shape index (κ1) is 12.1. The number of carboxylic acid groups (broad SMARTS) is 1. The fraction of sp³-hybridized carbons (Fsp3) is 0.462. The van der Waals surface area contributed by atoms with E-state index < -0.39 is 11.9 Å². The molecule has 0 radical (unpaired) electrons. The average Bonchev–Trinajstić information content (AvgIpc) is 2.73. The van der Waals surface area contributed by atoms with Crippen molar-refractivity contribution in [2.45, 2.75) is 12.6 Å². The fourth-order valence-corrected chi connectivity index (χ4v) is 2.30. The lowest BCUT2D eigenvalue weighted by molar-refractivity contribution is -0.144. The van der Waals surface area contributed by atoms with E-state index in [1.165, 1.54) is 5.56 Å². The molecule has 1 saturated heterocycles. The molecule has 1 aromatic carbocycles. The van der Waals surface area contributed by atoms with Gasteiger partial charge in [0.15, 0.2) is 0 Å². The number of carboxylic acids is 1. The molecule has 1 N–H and O–H groups in total. The van der Waals surface area contributed by atoms with Crippen molar-refractivity contribution in [3.63, 3.8) is 0 Å². The largest absolute Gasteiger partial charge is 0.481 e. The van der Waals surface area contributed by atoms with Crippen LogP contribution >= 0.6 is 0 Å². The van der Waals surface area contributed by atoms with Gasteiger partial charge in [-0.25, -0.2) is 0 Å². The molecule has 2 atom stereocenters. The lowest BCUT2D eigenvalue weighted by Crippen LogP contribution is -2.27. The van der Waals surface area contributed by atoms with Gasteiger partial charge in [0.2, 0.25) is 0 Å². The van der Waals surface area contributed by atoms with Crippen molar-refractivity contribution in [3.05, 3.63) is 35.9 Å². The minimum atomic E-state index is -0.771. The van der Waals surface area contributed by atoms with Crippen LogP contribution in [0.1, 0.15) is 5.56 Å². The second-order valence-corrected chi connectivity index (χ2v) is 4.40. The topological polar surface area (TPSA) is 49.8 Å². The highest BCUT2D eigenvalue weighted by molar-refractivity contribution is 5.71. The van der Waals surface area contributed by atoms with Crippen LogP contribution in [0.15, 0.2) is 30.3 Å². The Hall–Kier alpha value is -1.39. The molecule has 1 aliphatic heterocycles. The van der Waals surface area contributed by atoms with Gasteiger partial charge in [-0.15, -0.1) is 0 Å². The predicted molar refractivity (Wildman–Crippen MR) is 63.6 cm³/mol. The Kier molecular flexibility index (Phi) is 3.76. The van der Waals surface area contributed by atoms with E-state index >= 15 is 0 Å². The summed E-state index contributed by atoms with van der Waals surface area (Å²) in [5.41, 5.74) is 1.20. The molecule has 17 heavy (non-hydrogen) atoms. The Morgan fingerprint density at radius 1 is 1.41 bits per heavy atom. The first-order valence-electron chi connectivity index (χ1n) is 5.72. The number of methoxy groups -OCH3 is 1. The van der Waals surface area contributed by atoms with Crippen LogP contribution in [0.4, 0.5) is 0 Å². The first-order valence-corrected chi connectivity index (χ1v) is 5.72. The van der Waals surface area contributed by atoms with E-state index in [0.717, 1.165) is 6.54 Å². The maximum Gasteiger partial charge on any atom is 0.310 e.